The molecule has 0 saturated carbocycles. The summed E-state index contributed by atoms with van der Waals surface area (Å²) in [7, 11) is 3.11. The van der Waals surface area contributed by atoms with Crippen LogP contribution in [0.3, 0.4) is 0 Å². The summed E-state index contributed by atoms with van der Waals surface area (Å²) in [4.78, 5) is 4.12. The van der Waals surface area contributed by atoms with Crippen LogP contribution in [0.4, 0.5) is 8.78 Å². The van der Waals surface area contributed by atoms with E-state index in [-0.39, 0.29) is 12.3 Å². The highest BCUT2D eigenvalue weighted by Gasteiger charge is 2.11. The summed E-state index contributed by atoms with van der Waals surface area (Å²) in [6.07, 6.45) is 4.51. The van der Waals surface area contributed by atoms with Gasteiger partial charge in [-0.1, -0.05) is 0 Å². The predicted octanol–water partition coefficient (Wildman–Crippen LogP) is 2.25. The van der Waals surface area contributed by atoms with Crippen molar-refractivity contribution in [3.8, 4) is 11.5 Å². The third-order valence-corrected chi connectivity index (χ3v) is 3.58. The van der Waals surface area contributed by atoms with Crippen molar-refractivity contribution in [2.45, 2.75) is 26.1 Å². The SMILES string of the molecule is CN=C(NCCCn1cccn1)NCc1ccc(OC)cc1OC(F)F. The smallest absolute Gasteiger partial charge is 0.387 e. The van der Waals surface area contributed by atoms with E-state index < -0.39 is 6.61 Å². The molecule has 0 saturated heterocycles. The van der Waals surface area contributed by atoms with E-state index in [2.05, 4.69) is 25.5 Å². The van der Waals surface area contributed by atoms with Gasteiger partial charge in [-0.2, -0.15) is 13.9 Å². The van der Waals surface area contributed by atoms with Crippen LogP contribution < -0.4 is 20.1 Å². The third-order valence-electron chi connectivity index (χ3n) is 3.58. The Kier molecular flexibility index (Phi) is 7.66. The predicted molar refractivity (Wildman–Crippen MR) is 94.7 cm³/mol. The van der Waals surface area contributed by atoms with Gasteiger partial charge < -0.3 is 20.1 Å². The Hall–Kier alpha value is -2.84. The molecular formula is C17H23F2N5O2. The first-order valence-electron chi connectivity index (χ1n) is 8.16. The van der Waals surface area contributed by atoms with Gasteiger partial charge >= 0.3 is 6.61 Å². The average Bonchev–Trinajstić information content (AvgIpc) is 3.15. The molecule has 26 heavy (non-hydrogen) atoms. The third kappa shape index (κ3) is 6.23. The van der Waals surface area contributed by atoms with Crippen molar-refractivity contribution in [1.29, 1.82) is 0 Å². The summed E-state index contributed by atoms with van der Waals surface area (Å²) in [5, 5.41) is 10.4. The molecule has 0 spiro atoms. The number of alkyl halides is 2. The minimum absolute atomic E-state index is 0.0704. The molecule has 2 rings (SSSR count). The topological polar surface area (TPSA) is 72.7 Å². The number of aliphatic imine (C=N–C) groups is 1. The second-order valence-electron chi connectivity index (χ2n) is 5.33. The van der Waals surface area contributed by atoms with Gasteiger partial charge in [0.1, 0.15) is 11.5 Å². The zero-order valence-electron chi connectivity index (χ0n) is 14.8. The van der Waals surface area contributed by atoms with Crippen molar-refractivity contribution in [3.05, 3.63) is 42.2 Å². The van der Waals surface area contributed by atoms with E-state index in [1.807, 2.05) is 16.9 Å². The fourth-order valence-corrected chi connectivity index (χ4v) is 2.29. The molecule has 0 bridgehead atoms. The van der Waals surface area contributed by atoms with E-state index in [0.717, 1.165) is 13.0 Å². The van der Waals surface area contributed by atoms with E-state index in [1.165, 1.54) is 13.2 Å². The van der Waals surface area contributed by atoms with E-state index in [0.29, 0.717) is 23.8 Å². The number of hydrogen-bond donors (Lipinski definition) is 2. The van der Waals surface area contributed by atoms with Gasteiger partial charge in [0.2, 0.25) is 0 Å². The molecule has 7 nitrogen and oxygen atoms in total. The molecule has 0 aliphatic rings. The lowest BCUT2D eigenvalue weighted by Gasteiger charge is -2.15. The Morgan fingerprint density at radius 3 is 2.85 bits per heavy atom. The Balaban J connectivity index is 1.85. The standard InChI is InChI=1S/C17H23F2N5O2/c1-20-17(21-7-3-9-24-10-4-8-23-24)22-12-13-5-6-14(25-2)11-15(13)26-16(18)19/h4-6,8,10-11,16H,3,7,9,12H2,1-2H3,(H2,20,21,22). The maximum Gasteiger partial charge on any atom is 0.387 e. The number of aromatic nitrogens is 2. The summed E-state index contributed by atoms with van der Waals surface area (Å²) < 4.78 is 36.7. The zero-order valence-corrected chi connectivity index (χ0v) is 14.8. The van der Waals surface area contributed by atoms with Crippen LogP contribution >= 0.6 is 0 Å². The largest absolute Gasteiger partial charge is 0.497 e. The Morgan fingerprint density at radius 2 is 2.19 bits per heavy atom. The van der Waals surface area contributed by atoms with Gasteiger partial charge in [0.25, 0.3) is 0 Å². The first-order valence-corrected chi connectivity index (χ1v) is 8.16. The molecule has 0 fully saturated rings. The van der Waals surface area contributed by atoms with Crippen molar-refractivity contribution in [3.63, 3.8) is 0 Å². The quantitative estimate of drug-likeness (QED) is 0.404. The van der Waals surface area contributed by atoms with Gasteiger partial charge in [-0.15, -0.1) is 0 Å². The highest BCUT2D eigenvalue weighted by atomic mass is 19.3. The number of methoxy groups -OCH3 is 1. The number of halogens is 2. The van der Waals surface area contributed by atoms with Crippen LogP contribution in [-0.4, -0.2) is 43.1 Å². The minimum atomic E-state index is -2.90. The Bertz CT molecular complexity index is 692. The van der Waals surface area contributed by atoms with Crippen molar-refractivity contribution in [2.75, 3.05) is 20.7 Å². The van der Waals surface area contributed by atoms with E-state index in [1.54, 1.807) is 25.4 Å². The highest BCUT2D eigenvalue weighted by Crippen LogP contribution is 2.26. The molecule has 0 unspecified atom stereocenters. The number of guanidine groups is 1. The first kappa shape index (κ1) is 19.5. The van der Waals surface area contributed by atoms with Gasteiger partial charge in [-0.05, 0) is 24.6 Å². The minimum Gasteiger partial charge on any atom is -0.497 e. The summed E-state index contributed by atoms with van der Waals surface area (Å²) >= 11 is 0. The lowest BCUT2D eigenvalue weighted by Crippen LogP contribution is -2.37. The molecule has 0 aliphatic heterocycles. The van der Waals surface area contributed by atoms with Gasteiger partial charge in [0.15, 0.2) is 5.96 Å². The Labute approximate surface area is 151 Å². The summed E-state index contributed by atoms with van der Waals surface area (Å²) in [6.45, 7) is -1.13. The molecule has 2 N–H and O–H groups in total. The van der Waals surface area contributed by atoms with Crippen LogP contribution in [-0.2, 0) is 13.1 Å². The first-order chi connectivity index (χ1) is 12.6. The van der Waals surface area contributed by atoms with Crippen LogP contribution in [0.5, 0.6) is 11.5 Å². The van der Waals surface area contributed by atoms with Crippen LogP contribution in [0, 0.1) is 0 Å². The van der Waals surface area contributed by atoms with E-state index >= 15 is 0 Å². The maximum atomic E-state index is 12.6. The maximum absolute atomic E-state index is 12.6. The Morgan fingerprint density at radius 1 is 1.35 bits per heavy atom. The van der Waals surface area contributed by atoms with Crippen molar-refractivity contribution < 1.29 is 18.3 Å². The lowest BCUT2D eigenvalue weighted by atomic mass is 10.2. The normalized spacial score (nSPS) is 11.5. The van der Waals surface area contributed by atoms with Crippen LogP contribution in [0.15, 0.2) is 41.7 Å². The molecule has 142 valence electrons. The average molecular weight is 367 g/mol. The van der Waals surface area contributed by atoms with Crippen LogP contribution in [0.2, 0.25) is 0 Å². The molecule has 0 aliphatic carbocycles. The van der Waals surface area contributed by atoms with E-state index in [4.69, 9.17) is 4.74 Å². The molecule has 9 heteroatoms. The molecular weight excluding hydrogens is 344 g/mol. The van der Waals surface area contributed by atoms with Crippen molar-refractivity contribution in [1.82, 2.24) is 20.4 Å². The lowest BCUT2D eigenvalue weighted by molar-refractivity contribution is -0.0505. The number of rotatable bonds is 9. The van der Waals surface area contributed by atoms with Gasteiger partial charge in [0.05, 0.1) is 7.11 Å². The number of nitrogens with zero attached hydrogens (tertiary/aromatic N) is 3. The van der Waals surface area contributed by atoms with E-state index in [9.17, 15) is 8.78 Å². The molecule has 1 aromatic carbocycles. The van der Waals surface area contributed by atoms with Crippen molar-refractivity contribution >= 4 is 5.96 Å². The fraction of sp³-hybridized carbons (Fsp3) is 0.412. The van der Waals surface area contributed by atoms with Gasteiger partial charge in [0, 0.05) is 50.7 Å². The summed E-state index contributed by atoms with van der Waals surface area (Å²) in [6, 6.07) is 6.68. The summed E-state index contributed by atoms with van der Waals surface area (Å²) in [5.41, 5.74) is 0.575. The molecule has 0 atom stereocenters. The monoisotopic (exact) mass is 367 g/mol. The number of benzene rings is 1. The number of ether oxygens (including phenoxy) is 2. The molecule has 2 aromatic rings. The number of hydrogen-bond acceptors (Lipinski definition) is 4. The highest BCUT2D eigenvalue weighted by molar-refractivity contribution is 5.79. The van der Waals surface area contributed by atoms with Crippen LogP contribution in [0.25, 0.3) is 0 Å². The molecule has 1 aromatic heterocycles. The second kappa shape index (κ2) is 10.2. The number of aryl methyl sites for hydroxylation is 1. The zero-order chi connectivity index (χ0) is 18.8. The fourth-order valence-electron chi connectivity index (χ4n) is 2.29. The van der Waals surface area contributed by atoms with Gasteiger partial charge in [-0.25, -0.2) is 0 Å². The molecule has 1 heterocycles. The molecule has 0 amide bonds. The van der Waals surface area contributed by atoms with Gasteiger partial charge in [-0.3, -0.25) is 9.67 Å². The molecule has 0 radical (unpaired) electrons. The second-order valence-corrected chi connectivity index (χ2v) is 5.33. The van der Waals surface area contributed by atoms with Crippen molar-refractivity contribution in [2.24, 2.45) is 4.99 Å². The summed E-state index contributed by atoms with van der Waals surface area (Å²) in [5.74, 6) is 1.09. The number of nitrogens with one attached hydrogen (secondary N) is 2. The van der Waals surface area contributed by atoms with Crippen LogP contribution in [0.1, 0.15) is 12.0 Å².